The zero-order valence-electron chi connectivity index (χ0n) is 13.2. The van der Waals surface area contributed by atoms with Crippen molar-refractivity contribution < 1.29 is 9.84 Å². The van der Waals surface area contributed by atoms with Crippen molar-refractivity contribution in [3.05, 3.63) is 0 Å². The Labute approximate surface area is 123 Å². The molecule has 0 radical (unpaired) electrons. The van der Waals surface area contributed by atoms with Gasteiger partial charge in [-0.05, 0) is 44.6 Å². The van der Waals surface area contributed by atoms with Gasteiger partial charge in [-0.15, -0.1) is 0 Å². The van der Waals surface area contributed by atoms with Crippen LogP contribution in [0.2, 0.25) is 0 Å². The van der Waals surface area contributed by atoms with Crippen LogP contribution in [0.4, 0.5) is 0 Å². The molecule has 0 saturated carbocycles. The summed E-state index contributed by atoms with van der Waals surface area (Å²) in [6, 6.07) is 1.07. The zero-order valence-corrected chi connectivity index (χ0v) is 13.2. The lowest BCUT2D eigenvalue weighted by Gasteiger charge is -2.39. The maximum atomic E-state index is 9.10. The van der Waals surface area contributed by atoms with Crippen molar-refractivity contribution in [3.8, 4) is 0 Å². The highest BCUT2D eigenvalue weighted by atomic mass is 16.5. The molecule has 0 bridgehead atoms. The highest BCUT2D eigenvalue weighted by Crippen LogP contribution is 2.21. The fourth-order valence-electron chi connectivity index (χ4n) is 3.59. The van der Waals surface area contributed by atoms with Crippen LogP contribution in [0.25, 0.3) is 0 Å². The highest BCUT2D eigenvalue weighted by Gasteiger charge is 2.29. The van der Waals surface area contributed by atoms with Crippen molar-refractivity contribution in [2.45, 2.75) is 64.1 Å². The molecule has 0 aliphatic carbocycles. The number of ether oxygens (including phenoxy) is 1. The Morgan fingerprint density at radius 3 is 2.85 bits per heavy atom. The lowest BCUT2D eigenvalue weighted by Crippen LogP contribution is -2.52. The number of aliphatic hydroxyl groups excluding tert-OH is 1. The monoisotopic (exact) mass is 284 g/mol. The average Bonchev–Trinajstić information content (AvgIpc) is 2.94. The summed E-state index contributed by atoms with van der Waals surface area (Å²) in [5, 5.41) is 12.9. The van der Waals surface area contributed by atoms with E-state index in [4.69, 9.17) is 9.84 Å². The molecular weight excluding hydrogens is 252 g/mol. The van der Waals surface area contributed by atoms with Gasteiger partial charge in [-0.1, -0.05) is 13.8 Å². The number of piperidine rings is 1. The Morgan fingerprint density at radius 1 is 1.40 bits per heavy atom. The third-order valence-electron chi connectivity index (χ3n) is 4.90. The van der Waals surface area contributed by atoms with Crippen LogP contribution in [0, 0.1) is 5.92 Å². The molecule has 2 aliphatic rings. The van der Waals surface area contributed by atoms with Crippen molar-refractivity contribution >= 4 is 0 Å². The molecule has 0 aromatic carbocycles. The Morgan fingerprint density at radius 2 is 2.25 bits per heavy atom. The molecule has 0 spiro atoms. The first-order valence-corrected chi connectivity index (χ1v) is 8.43. The van der Waals surface area contributed by atoms with Gasteiger partial charge < -0.3 is 20.1 Å². The third kappa shape index (κ3) is 4.69. The minimum atomic E-state index is 0.289. The van der Waals surface area contributed by atoms with Gasteiger partial charge in [0.15, 0.2) is 0 Å². The second-order valence-corrected chi connectivity index (χ2v) is 6.55. The molecule has 20 heavy (non-hydrogen) atoms. The SMILES string of the molecule is CCC(CCO)NC1CCN(CC2CCCO2)CC1C. The van der Waals surface area contributed by atoms with E-state index in [9.17, 15) is 0 Å². The first-order valence-electron chi connectivity index (χ1n) is 8.43. The molecule has 2 N–H and O–H groups in total. The van der Waals surface area contributed by atoms with Gasteiger partial charge in [-0.25, -0.2) is 0 Å². The Balaban J connectivity index is 1.73. The van der Waals surface area contributed by atoms with E-state index < -0.39 is 0 Å². The van der Waals surface area contributed by atoms with E-state index in [1.165, 1.54) is 32.4 Å². The van der Waals surface area contributed by atoms with Crippen LogP contribution < -0.4 is 5.32 Å². The van der Waals surface area contributed by atoms with E-state index in [0.717, 1.165) is 26.0 Å². The number of rotatable bonds is 7. The van der Waals surface area contributed by atoms with E-state index in [1.807, 2.05) is 0 Å². The number of nitrogens with zero attached hydrogens (tertiary/aromatic N) is 1. The first-order chi connectivity index (χ1) is 9.72. The number of aliphatic hydroxyl groups is 1. The van der Waals surface area contributed by atoms with Crippen LogP contribution in [-0.2, 0) is 4.74 Å². The summed E-state index contributed by atoms with van der Waals surface area (Å²) in [6.07, 6.45) is 6.14. The quantitative estimate of drug-likeness (QED) is 0.746. The van der Waals surface area contributed by atoms with Gasteiger partial charge in [-0.3, -0.25) is 0 Å². The summed E-state index contributed by atoms with van der Waals surface area (Å²) in [4.78, 5) is 2.58. The Kier molecular flexibility index (Phi) is 6.75. The average molecular weight is 284 g/mol. The molecule has 4 unspecified atom stereocenters. The number of likely N-dealkylation sites (tertiary alicyclic amines) is 1. The molecule has 4 nitrogen and oxygen atoms in total. The van der Waals surface area contributed by atoms with E-state index in [1.54, 1.807) is 0 Å². The lowest BCUT2D eigenvalue weighted by molar-refractivity contribution is 0.0495. The molecule has 4 atom stereocenters. The maximum absolute atomic E-state index is 9.10. The van der Waals surface area contributed by atoms with Gasteiger partial charge in [0.2, 0.25) is 0 Å². The predicted molar refractivity (Wildman–Crippen MR) is 81.9 cm³/mol. The summed E-state index contributed by atoms with van der Waals surface area (Å²) in [5.74, 6) is 0.679. The molecule has 4 heteroatoms. The molecule has 2 fully saturated rings. The summed E-state index contributed by atoms with van der Waals surface area (Å²) in [7, 11) is 0. The van der Waals surface area contributed by atoms with Crippen molar-refractivity contribution in [1.82, 2.24) is 10.2 Å². The van der Waals surface area contributed by atoms with Crippen molar-refractivity contribution in [3.63, 3.8) is 0 Å². The van der Waals surface area contributed by atoms with Crippen LogP contribution in [0.3, 0.4) is 0 Å². The standard InChI is InChI=1S/C16H32N2O2/c1-3-14(7-9-19)17-16-6-8-18(11-13(16)2)12-15-5-4-10-20-15/h13-17,19H,3-12H2,1-2H3. The van der Waals surface area contributed by atoms with Crippen LogP contribution in [0.1, 0.15) is 46.0 Å². The van der Waals surface area contributed by atoms with Gasteiger partial charge in [-0.2, -0.15) is 0 Å². The molecule has 0 amide bonds. The summed E-state index contributed by atoms with van der Waals surface area (Å²) >= 11 is 0. The van der Waals surface area contributed by atoms with E-state index in [2.05, 4.69) is 24.1 Å². The lowest BCUT2D eigenvalue weighted by atomic mass is 9.92. The Bertz CT molecular complexity index is 269. The van der Waals surface area contributed by atoms with Gasteiger partial charge >= 0.3 is 0 Å². The maximum Gasteiger partial charge on any atom is 0.0702 e. The summed E-state index contributed by atoms with van der Waals surface area (Å²) in [5.41, 5.74) is 0. The minimum Gasteiger partial charge on any atom is -0.396 e. The molecular formula is C16H32N2O2. The predicted octanol–water partition coefficient (Wildman–Crippen LogP) is 1.63. The topological polar surface area (TPSA) is 44.7 Å². The van der Waals surface area contributed by atoms with Gasteiger partial charge in [0, 0.05) is 38.4 Å². The van der Waals surface area contributed by atoms with Crippen LogP contribution >= 0.6 is 0 Å². The fourth-order valence-corrected chi connectivity index (χ4v) is 3.59. The van der Waals surface area contributed by atoms with Crippen LogP contribution in [0.15, 0.2) is 0 Å². The normalized spacial score (nSPS) is 33.5. The molecule has 0 aromatic rings. The van der Waals surface area contributed by atoms with Crippen molar-refractivity contribution in [2.75, 3.05) is 32.8 Å². The molecule has 118 valence electrons. The Hall–Kier alpha value is -0.160. The van der Waals surface area contributed by atoms with Crippen LogP contribution in [0.5, 0.6) is 0 Å². The van der Waals surface area contributed by atoms with Crippen LogP contribution in [-0.4, -0.2) is 61.0 Å². The number of hydrogen-bond donors (Lipinski definition) is 2. The van der Waals surface area contributed by atoms with E-state index in [0.29, 0.717) is 24.1 Å². The second kappa shape index (κ2) is 8.32. The second-order valence-electron chi connectivity index (χ2n) is 6.55. The van der Waals surface area contributed by atoms with Gasteiger partial charge in [0.1, 0.15) is 0 Å². The smallest absolute Gasteiger partial charge is 0.0702 e. The summed E-state index contributed by atoms with van der Waals surface area (Å²) in [6.45, 7) is 9.26. The zero-order chi connectivity index (χ0) is 14.4. The van der Waals surface area contributed by atoms with E-state index >= 15 is 0 Å². The molecule has 0 aromatic heterocycles. The largest absolute Gasteiger partial charge is 0.396 e. The van der Waals surface area contributed by atoms with Gasteiger partial charge in [0.25, 0.3) is 0 Å². The first kappa shape index (κ1) is 16.2. The summed E-state index contributed by atoms with van der Waals surface area (Å²) < 4.78 is 5.75. The van der Waals surface area contributed by atoms with Crippen molar-refractivity contribution in [1.29, 1.82) is 0 Å². The number of nitrogens with one attached hydrogen (secondary N) is 1. The van der Waals surface area contributed by atoms with Gasteiger partial charge in [0.05, 0.1) is 6.10 Å². The number of hydrogen-bond acceptors (Lipinski definition) is 4. The minimum absolute atomic E-state index is 0.289. The van der Waals surface area contributed by atoms with Crippen molar-refractivity contribution in [2.24, 2.45) is 5.92 Å². The van der Waals surface area contributed by atoms with E-state index in [-0.39, 0.29) is 6.61 Å². The molecule has 2 heterocycles. The molecule has 2 saturated heterocycles. The molecule has 2 aliphatic heterocycles. The fraction of sp³-hybridized carbons (Fsp3) is 1.00. The highest BCUT2D eigenvalue weighted by molar-refractivity contribution is 4.86. The third-order valence-corrected chi connectivity index (χ3v) is 4.90. The molecule has 2 rings (SSSR count).